The zero-order valence-corrected chi connectivity index (χ0v) is 12.2. The predicted octanol–water partition coefficient (Wildman–Crippen LogP) is 2.75. The molecule has 0 spiro atoms. The van der Waals surface area contributed by atoms with E-state index in [-0.39, 0.29) is 16.6 Å². The van der Waals surface area contributed by atoms with Crippen LogP contribution in [0, 0.1) is 11.3 Å². The summed E-state index contributed by atoms with van der Waals surface area (Å²) in [5, 5.41) is 9.25. The van der Waals surface area contributed by atoms with E-state index in [2.05, 4.69) is 0 Å². The highest BCUT2D eigenvalue weighted by atomic mass is 32.2. The molecule has 0 unspecified atom stereocenters. The molecule has 1 aliphatic heterocycles. The van der Waals surface area contributed by atoms with Gasteiger partial charge in [-0.2, -0.15) is 5.26 Å². The van der Waals surface area contributed by atoms with E-state index in [1.54, 1.807) is 42.5 Å². The maximum atomic E-state index is 12.5. The van der Waals surface area contributed by atoms with Crippen molar-refractivity contribution in [3.8, 4) is 17.6 Å². The van der Waals surface area contributed by atoms with Crippen molar-refractivity contribution in [2.75, 3.05) is 6.79 Å². The molecule has 3 rings (SSSR count). The highest BCUT2D eigenvalue weighted by molar-refractivity contribution is 7.95. The molecule has 0 atom stereocenters. The number of ether oxygens (including phenoxy) is 2. The average Bonchev–Trinajstić information content (AvgIpc) is 2.55. The van der Waals surface area contributed by atoms with E-state index in [1.807, 2.05) is 0 Å². The molecular weight excluding hydrogens is 302 g/mol. The molecule has 0 fully saturated rings. The van der Waals surface area contributed by atoms with Crippen molar-refractivity contribution in [1.29, 1.82) is 5.26 Å². The molecule has 6 heteroatoms. The topological polar surface area (TPSA) is 76.4 Å². The summed E-state index contributed by atoms with van der Waals surface area (Å²) in [6, 6.07) is 14.6. The van der Waals surface area contributed by atoms with Crippen LogP contribution in [-0.4, -0.2) is 15.2 Å². The summed E-state index contributed by atoms with van der Waals surface area (Å²) in [7, 11) is -3.85. The van der Waals surface area contributed by atoms with Crippen LogP contribution >= 0.6 is 0 Å². The lowest BCUT2D eigenvalue weighted by atomic mass is 10.1. The van der Waals surface area contributed by atoms with E-state index < -0.39 is 9.84 Å². The molecule has 2 aromatic rings. The minimum Gasteiger partial charge on any atom is -0.457 e. The number of hydrogen-bond acceptors (Lipinski definition) is 5. The first-order valence-corrected chi connectivity index (χ1v) is 7.91. The molecule has 1 aliphatic rings. The van der Waals surface area contributed by atoms with Gasteiger partial charge < -0.3 is 9.47 Å². The minimum atomic E-state index is -3.85. The molecule has 0 N–H and O–H groups in total. The number of sulfone groups is 1. The molecule has 0 radical (unpaired) electrons. The third kappa shape index (κ3) is 2.54. The second kappa shape index (κ2) is 5.54. The van der Waals surface area contributed by atoms with Crippen molar-refractivity contribution in [3.05, 3.63) is 59.0 Å². The SMILES string of the molecule is N#C/C(=C\c1ccc2cc1OCO2)S(=O)(=O)c1ccccc1. The standard InChI is InChI=1S/C16H11NO4S/c17-10-15(22(18,19)14-4-2-1-3-5-14)8-12-6-7-13-9-16(12)21-11-20-13/h1-9H,11H2/b15-8+. The van der Waals surface area contributed by atoms with Crippen LogP contribution in [0.4, 0.5) is 0 Å². The second-order valence-electron chi connectivity index (χ2n) is 4.54. The summed E-state index contributed by atoms with van der Waals surface area (Å²) in [4.78, 5) is -0.255. The van der Waals surface area contributed by atoms with Crippen LogP contribution in [0.5, 0.6) is 11.5 Å². The van der Waals surface area contributed by atoms with Crippen LogP contribution in [0.25, 0.3) is 6.08 Å². The molecule has 2 aromatic carbocycles. The van der Waals surface area contributed by atoms with Gasteiger partial charge in [0.1, 0.15) is 22.5 Å². The van der Waals surface area contributed by atoms with E-state index in [0.717, 1.165) is 0 Å². The van der Waals surface area contributed by atoms with E-state index in [0.29, 0.717) is 17.1 Å². The lowest BCUT2D eigenvalue weighted by molar-refractivity contribution is 0.105. The van der Waals surface area contributed by atoms with Crippen molar-refractivity contribution in [3.63, 3.8) is 0 Å². The fraction of sp³-hybridized carbons (Fsp3) is 0.0625. The van der Waals surface area contributed by atoms with Crippen LogP contribution in [0.2, 0.25) is 0 Å². The highest BCUT2D eigenvalue weighted by Crippen LogP contribution is 2.31. The summed E-state index contributed by atoms with van der Waals surface area (Å²) in [6.45, 7) is 0.0656. The molecule has 22 heavy (non-hydrogen) atoms. The lowest BCUT2D eigenvalue weighted by Crippen LogP contribution is -2.11. The third-order valence-corrected chi connectivity index (χ3v) is 4.85. The van der Waals surface area contributed by atoms with Crippen molar-refractivity contribution in [1.82, 2.24) is 0 Å². The van der Waals surface area contributed by atoms with Crippen LogP contribution in [0.15, 0.2) is 58.3 Å². The Bertz CT molecular complexity index is 880. The first kappa shape index (κ1) is 14.2. The lowest BCUT2D eigenvalue weighted by Gasteiger charge is -2.17. The monoisotopic (exact) mass is 313 g/mol. The number of nitrogens with zero attached hydrogens (tertiary/aromatic N) is 1. The Morgan fingerprint density at radius 3 is 2.64 bits per heavy atom. The number of benzene rings is 2. The van der Waals surface area contributed by atoms with Gasteiger partial charge in [0, 0.05) is 11.6 Å². The highest BCUT2D eigenvalue weighted by Gasteiger charge is 2.21. The normalized spacial score (nSPS) is 13.7. The molecule has 110 valence electrons. The van der Waals surface area contributed by atoms with Crippen LogP contribution < -0.4 is 9.47 Å². The molecular formula is C16H11NO4S. The summed E-state index contributed by atoms with van der Waals surface area (Å²) in [5.41, 5.74) is 0.517. The average molecular weight is 313 g/mol. The fourth-order valence-electron chi connectivity index (χ4n) is 2.05. The zero-order valence-electron chi connectivity index (χ0n) is 11.4. The second-order valence-corrected chi connectivity index (χ2v) is 6.46. The Balaban J connectivity index is 2.08. The molecule has 0 aromatic heterocycles. The van der Waals surface area contributed by atoms with Crippen molar-refractivity contribution in [2.24, 2.45) is 0 Å². The maximum Gasteiger partial charge on any atom is 0.230 e. The van der Waals surface area contributed by atoms with Gasteiger partial charge in [-0.1, -0.05) is 18.2 Å². The molecule has 2 bridgehead atoms. The van der Waals surface area contributed by atoms with Crippen LogP contribution in [0.1, 0.15) is 5.56 Å². The number of nitriles is 1. The summed E-state index contributed by atoms with van der Waals surface area (Å²) < 4.78 is 35.5. The quantitative estimate of drug-likeness (QED) is 0.814. The summed E-state index contributed by atoms with van der Waals surface area (Å²) in [5.74, 6) is 1.13. The van der Waals surface area contributed by atoms with Gasteiger partial charge in [-0.15, -0.1) is 0 Å². The van der Waals surface area contributed by atoms with Gasteiger partial charge in [-0.05, 0) is 30.3 Å². The molecule has 1 heterocycles. The van der Waals surface area contributed by atoms with E-state index >= 15 is 0 Å². The number of allylic oxidation sites excluding steroid dienone is 1. The van der Waals surface area contributed by atoms with Crippen molar-refractivity contribution in [2.45, 2.75) is 4.90 Å². The Morgan fingerprint density at radius 1 is 1.14 bits per heavy atom. The Morgan fingerprint density at radius 2 is 1.91 bits per heavy atom. The fourth-order valence-corrected chi connectivity index (χ4v) is 3.22. The minimum absolute atomic E-state index is 0.0656. The molecule has 5 nitrogen and oxygen atoms in total. The van der Waals surface area contributed by atoms with E-state index in [9.17, 15) is 13.7 Å². The first-order chi connectivity index (χ1) is 10.6. The molecule has 0 saturated carbocycles. The van der Waals surface area contributed by atoms with Gasteiger partial charge in [-0.25, -0.2) is 8.42 Å². The van der Waals surface area contributed by atoms with Gasteiger partial charge in [-0.3, -0.25) is 0 Å². The summed E-state index contributed by atoms with van der Waals surface area (Å²) in [6.07, 6.45) is 1.31. The molecule has 0 aliphatic carbocycles. The predicted molar refractivity (Wildman–Crippen MR) is 79.8 cm³/mol. The van der Waals surface area contributed by atoms with Gasteiger partial charge in [0.2, 0.25) is 16.6 Å². The van der Waals surface area contributed by atoms with Crippen molar-refractivity contribution >= 4 is 15.9 Å². The number of fused-ring (bicyclic) bond motifs is 2. The van der Waals surface area contributed by atoms with Gasteiger partial charge in [0.15, 0.2) is 0 Å². The van der Waals surface area contributed by atoms with E-state index in [4.69, 9.17) is 9.47 Å². The van der Waals surface area contributed by atoms with Crippen LogP contribution in [-0.2, 0) is 9.84 Å². The van der Waals surface area contributed by atoms with Gasteiger partial charge >= 0.3 is 0 Å². The molecule has 0 saturated heterocycles. The Labute approximate surface area is 127 Å². The first-order valence-electron chi connectivity index (χ1n) is 6.43. The van der Waals surface area contributed by atoms with E-state index in [1.165, 1.54) is 18.2 Å². The van der Waals surface area contributed by atoms with Gasteiger partial charge in [0.05, 0.1) is 4.90 Å². The smallest absolute Gasteiger partial charge is 0.230 e. The Kier molecular flexibility index (Phi) is 3.57. The summed E-state index contributed by atoms with van der Waals surface area (Å²) >= 11 is 0. The number of rotatable bonds is 3. The van der Waals surface area contributed by atoms with Gasteiger partial charge in [0.25, 0.3) is 0 Å². The third-order valence-electron chi connectivity index (χ3n) is 3.16. The largest absolute Gasteiger partial charge is 0.457 e. The van der Waals surface area contributed by atoms with Crippen molar-refractivity contribution < 1.29 is 17.9 Å². The zero-order chi connectivity index (χ0) is 15.6. The number of hydrogen-bond donors (Lipinski definition) is 0. The maximum absolute atomic E-state index is 12.5. The van der Waals surface area contributed by atoms with Crippen LogP contribution in [0.3, 0.4) is 0 Å². The molecule has 0 amide bonds. The Hall–Kier alpha value is -2.78.